The predicted molar refractivity (Wildman–Crippen MR) is 108 cm³/mol. The molecule has 0 aromatic rings. The summed E-state index contributed by atoms with van der Waals surface area (Å²) in [5.74, 6) is 1.71. The lowest BCUT2D eigenvalue weighted by Gasteiger charge is -2.59. The zero-order valence-corrected chi connectivity index (χ0v) is 17.8. The molecule has 1 N–H and O–H groups in total. The van der Waals surface area contributed by atoms with Crippen LogP contribution in [0.5, 0.6) is 0 Å². The number of aliphatic hydroxyl groups is 1. The molecule has 4 aliphatic carbocycles. The topological polar surface area (TPSA) is 63.6 Å². The number of rotatable bonds is 4. The van der Waals surface area contributed by atoms with E-state index in [2.05, 4.69) is 13.8 Å². The van der Waals surface area contributed by atoms with Gasteiger partial charge in [0, 0.05) is 6.42 Å². The van der Waals surface area contributed by atoms with Crippen molar-refractivity contribution in [3.8, 4) is 0 Å². The number of ether oxygens (including phenoxy) is 1. The number of allylic oxidation sites excluding steroid dienone is 1. The Kier molecular flexibility index (Phi) is 5.01. The molecule has 156 valence electrons. The van der Waals surface area contributed by atoms with Crippen LogP contribution in [0.15, 0.2) is 11.6 Å². The maximum absolute atomic E-state index is 12.3. The summed E-state index contributed by atoms with van der Waals surface area (Å²) in [5.41, 5.74) is 0.387. The van der Waals surface area contributed by atoms with Gasteiger partial charge in [-0.05, 0) is 86.0 Å². The minimum Gasteiger partial charge on any atom is -0.466 e. The molecule has 6 atom stereocenters. The van der Waals surface area contributed by atoms with Crippen molar-refractivity contribution in [2.24, 2.45) is 28.6 Å². The SMILES string of the molecule is CCCOC(=O)C[C@]1(O)CCC2C3CCC4=CC(=O)CC[C@]4(C)C3CC[C@@]21C. The van der Waals surface area contributed by atoms with Gasteiger partial charge < -0.3 is 9.84 Å². The molecule has 28 heavy (non-hydrogen) atoms. The van der Waals surface area contributed by atoms with E-state index in [-0.39, 0.29) is 23.2 Å². The summed E-state index contributed by atoms with van der Waals surface area (Å²) in [6.07, 6.45) is 10.5. The maximum atomic E-state index is 12.3. The average molecular weight is 389 g/mol. The van der Waals surface area contributed by atoms with Gasteiger partial charge in [0.2, 0.25) is 0 Å². The average Bonchev–Trinajstić information content (AvgIpc) is 2.91. The van der Waals surface area contributed by atoms with Crippen molar-refractivity contribution in [3.63, 3.8) is 0 Å². The standard InChI is InChI=1S/C24H36O4/c1-4-13-28-21(26)15-24(27)12-9-20-18-6-5-16-14-17(25)7-10-22(16,2)19(18)8-11-23(20,24)3/h14,18-20,27H,4-13,15H2,1-3H3/t18?,19?,20?,22-,23-,24+/m0/s1. The lowest BCUT2D eigenvalue weighted by molar-refractivity contribution is -0.163. The highest BCUT2D eigenvalue weighted by atomic mass is 16.5. The van der Waals surface area contributed by atoms with E-state index in [1.54, 1.807) is 0 Å². The van der Waals surface area contributed by atoms with Crippen molar-refractivity contribution in [2.75, 3.05) is 6.61 Å². The normalized spacial score (nSPS) is 44.9. The Morgan fingerprint density at radius 1 is 1.14 bits per heavy atom. The second-order valence-corrected chi connectivity index (χ2v) is 10.4. The fraction of sp³-hybridized carbons (Fsp3) is 0.833. The number of hydrogen-bond donors (Lipinski definition) is 1. The molecule has 0 aromatic carbocycles. The Morgan fingerprint density at radius 3 is 2.64 bits per heavy atom. The highest BCUT2D eigenvalue weighted by Gasteiger charge is 2.64. The number of carbonyl (C=O) groups excluding carboxylic acids is 2. The molecule has 4 aliphatic rings. The van der Waals surface area contributed by atoms with Gasteiger partial charge in [0.25, 0.3) is 0 Å². The van der Waals surface area contributed by atoms with Crippen LogP contribution in [0.1, 0.15) is 85.0 Å². The number of esters is 1. The Hall–Kier alpha value is -1.16. The monoisotopic (exact) mass is 388 g/mol. The quantitative estimate of drug-likeness (QED) is 0.715. The second-order valence-electron chi connectivity index (χ2n) is 10.4. The van der Waals surface area contributed by atoms with Crippen LogP contribution in [0.25, 0.3) is 0 Å². The zero-order valence-electron chi connectivity index (χ0n) is 17.8. The Labute approximate surface area is 169 Å². The Morgan fingerprint density at radius 2 is 1.89 bits per heavy atom. The molecule has 0 amide bonds. The van der Waals surface area contributed by atoms with Gasteiger partial charge in [-0.1, -0.05) is 26.3 Å². The summed E-state index contributed by atoms with van der Waals surface area (Å²) in [7, 11) is 0. The maximum Gasteiger partial charge on any atom is 0.308 e. The van der Waals surface area contributed by atoms with Crippen LogP contribution in [-0.4, -0.2) is 29.1 Å². The predicted octanol–water partition coefficient (Wildman–Crippen LogP) is 4.59. The zero-order chi connectivity index (χ0) is 20.2. The minimum atomic E-state index is -0.937. The summed E-state index contributed by atoms with van der Waals surface area (Å²) in [6, 6.07) is 0. The van der Waals surface area contributed by atoms with Gasteiger partial charge in [-0.15, -0.1) is 0 Å². The molecule has 0 radical (unpaired) electrons. The molecule has 4 nitrogen and oxygen atoms in total. The van der Waals surface area contributed by atoms with Gasteiger partial charge in [-0.25, -0.2) is 0 Å². The van der Waals surface area contributed by atoms with E-state index in [0.717, 1.165) is 44.9 Å². The van der Waals surface area contributed by atoms with E-state index in [1.165, 1.54) is 5.57 Å². The molecular weight excluding hydrogens is 352 g/mol. The Balaban J connectivity index is 1.56. The van der Waals surface area contributed by atoms with Crippen molar-refractivity contribution in [1.29, 1.82) is 0 Å². The molecule has 4 heteroatoms. The molecule has 4 rings (SSSR count). The summed E-state index contributed by atoms with van der Waals surface area (Å²) < 4.78 is 5.31. The fourth-order valence-electron chi connectivity index (χ4n) is 7.47. The minimum absolute atomic E-state index is 0.133. The first-order valence-electron chi connectivity index (χ1n) is 11.4. The van der Waals surface area contributed by atoms with E-state index in [9.17, 15) is 14.7 Å². The third kappa shape index (κ3) is 2.89. The van der Waals surface area contributed by atoms with E-state index in [1.807, 2.05) is 13.0 Å². The van der Waals surface area contributed by atoms with Crippen molar-refractivity contribution in [3.05, 3.63) is 11.6 Å². The van der Waals surface area contributed by atoms with Crippen LogP contribution in [0.3, 0.4) is 0 Å². The number of ketones is 1. The van der Waals surface area contributed by atoms with Crippen molar-refractivity contribution >= 4 is 11.8 Å². The third-order valence-electron chi connectivity index (χ3n) is 9.19. The van der Waals surface area contributed by atoms with Gasteiger partial charge >= 0.3 is 5.97 Å². The van der Waals surface area contributed by atoms with Crippen molar-refractivity contribution < 1.29 is 19.4 Å². The van der Waals surface area contributed by atoms with Gasteiger partial charge in [0.05, 0.1) is 18.6 Å². The smallest absolute Gasteiger partial charge is 0.308 e. The third-order valence-corrected chi connectivity index (χ3v) is 9.19. The molecule has 0 heterocycles. The first-order chi connectivity index (χ1) is 13.2. The molecule has 3 fully saturated rings. The van der Waals surface area contributed by atoms with Gasteiger partial charge in [0.1, 0.15) is 0 Å². The molecule has 3 saturated carbocycles. The van der Waals surface area contributed by atoms with Gasteiger partial charge in [0.15, 0.2) is 5.78 Å². The highest BCUT2D eigenvalue weighted by molar-refractivity contribution is 5.91. The van der Waals surface area contributed by atoms with E-state index >= 15 is 0 Å². The lowest BCUT2D eigenvalue weighted by Crippen LogP contribution is -2.55. The number of hydrogen-bond acceptors (Lipinski definition) is 4. The van der Waals surface area contributed by atoms with E-state index < -0.39 is 5.60 Å². The molecule has 0 bridgehead atoms. The molecule has 3 unspecified atom stereocenters. The summed E-state index contributed by atoms with van der Waals surface area (Å²) in [5, 5.41) is 11.6. The van der Waals surface area contributed by atoms with Crippen molar-refractivity contribution in [1.82, 2.24) is 0 Å². The number of carbonyl (C=O) groups is 2. The Bertz CT molecular complexity index is 697. The number of fused-ring (bicyclic) bond motifs is 5. The first-order valence-corrected chi connectivity index (χ1v) is 11.4. The highest BCUT2D eigenvalue weighted by Crippen LogP contribution is 2.68. The van der Waals surface area contributed by atoms with Crippen LogP contribution < -0.4 is 0 Å². The van der Waals surface area contributed by atoms with Crippen LogP contribution in [-0.2, 0) is 14.3 Å². The summed E-state index contributed by atoms with van der Waals surface area (Å²) >= 11 is 0. The van der Waals surface area contributed by atoms with Gasteiger partial charge in [-0.3, -0.25) is 9.59 Å². The van der Waals surface area contributed by atoms with E-state index in [0.29, 0.717) is 43.0 Å². The van der Waals surface area contributed by atoms with E-state index in [4.69, 9.17) is 4.74 Å². The summed E-state index contributed by atoms with van der Waals surface area (Å²) in [6.45, 7) is 7.04. The first kappa shape index (κ1) is 20.1. The van der Waals surface area contributed by atoms with Crippen molar-refractivity contribution in [2.45, 2.75) is 90.6 Å². The fourth-order valence-corrected chi connectivity index (χ4v) is 7.47. The van der Waals surface area contributed by atoms with Crippen LogP contribution in [0.4, 0.5) is 0 Å². The van der Waals surface area contributed by atoms with Gasteiger partial charge in [-0.2, -0.15) is 0 Å². The van der Waals surface area contributed by atoms with Crippen LogP contribution >= 0.6 is 0 Å². The molecule has 0 spiro atoms. The second kappa shape index (κ2) is 6.97. The summed E-state index contributed by atoms with van der Waals surface area (Å²) in [4.78, 5) is 24.3. The molecule has 0 aliphatic heterocycles. The lowest BCUT2D eigenvalue weighted by atomic mass is 9.46. The largest absolute Gasteiger partial charge is 0.466 e. The van der Waals surface area contributed by atoms with Crippen LogP contribution in [0, 0.1) is 28.6 Å². The molecular formula is C24H36O4. The van der Waals surface area contributed by atoms with Crippen LogP contribution in [0.2, 0.25) is 0 Å². The molecule has 0 saturated heterocycles. The molecule has 0 aromatic heterocycles.